The normalized spacial score (nSPS) is 11.1. The van der Waals surface area contributed by atoms with E-state index in [4.69, 9.17) is 4.74 Å². The van der Waals surface area contributed by atoms with E-state index < -0.39 is 22.8 Å². The summed E-state index contributed by atoms with van der Waals surface area (Å²) in [5.41, 5.74) is 4.39. The highest BCUT2D eigenvalue weighted by atomic mass is 79.9. The van der Waals surface area contributed by atoms with Crippen LogP contribution in [-0.2, 0) is 11.2 Å². The van der Waals surface area contributed by atoms with Crippen LogP contribution in [0.2, 0.25) is 0 Å². The number of fused-ring (bicyclic) bond motifs is 1. The first-order valence-electron chi connectivity index (χ1n) is 9.75. The maximum atomic E-state index is 13.1. The molecule has 0 aliphatic heterocycles. The molecule has 2 N–H and O–H groups in total. The molecule has 0 bridgehead atoms. The van der Waals surface area contributed by atoms with Gasteiger partial charge in [-0.25, -0.2) is 9.47 Å². The van der Waals surface area contributed by atoms with Gasteiger partial charge in [0.15, 0.2) is 11.3 Å². The van der Waals surface area contributed by atoms with E-state index in [9.17, 15) is 14.7 Å². The Balaban J connectivity index is 2.25. The fourth-order valence-corrected chi connectivity index (χ4v) is 3.69. The number of aromatic nitrogens is 2. The van der Waals surface area contributed by atoms with Crippen LogP contribution < -0.4 is 11.0 Å². The van der Waals surface area contributed by atoms with Gasteiger partial charge in [-0.1, -0.05) is 44.2 Å². The number of rotatable bonds is 7. The molecule has 0 fully saturated rings. The van der Waals surface area contributed by atoms with Crippen molar-refractivity contribution in [1.82, 2.24) is 9.66 Å². The number of hydrogen-bond donors (Lipinski definition) is 2. The van der Waals surface area contributed by atoms with Gasteiger partial charge < -0.3 is 15.3 Å². The molecule has 0 saturated heterocycles. The topological polar surface area (TPSA) is 93.4 Å². The number of nitrogens with one attached hydrogen (secondary N) is 1. The molecule has 2 aromatic heterocycles. The molecule has 0 atom stereocenters. The number of hydrogen-bond acceptors (Lipinski definition) is 6. The Hall–Kier alpha value is -2.87. The monoisotopic (exact) mass is 473 g/mol. The Labute approximate surface area is 182 Å². The number of ether oxygens (including phenoxy) is 1. The molecule has 0 amide bonds. The van der Waals surface area contributed by atoms with E-state index in [1.165, 1.54) is 4.68 Å². The molecular weight excluding hydrogens is 450 g/mol. The molecule has 0 aliphatic carbocycles. The quantitative estimate of drug-likeness (QED) is 0.506. The minimum atomic E-state index is -0.881. The van der Waals surface area contributed by atoms with E-state index in [1.807, 2.05) is 44.2 Å². The molecule has 1 aromatic carbocycles. The molecule has 0 radical (unpaired) electrons. The maximum Gasteiger partial charge on any atom is 0.347 e. The second-order valence-corrected chi connectivity index (χ2v) is 8.09. The number of aromatic hydroxyl groups is 1. The summed E-state index contributed by atoms with van der Waals surface area (Å²) >= 11 is 3.59. The van der Waals surface area contributed by atoms with Crippen molar-refractivity contribution < 1.29 is 14.6 Å². The van der Waals surface area contributed by atoms with E-state index in [1.54, 1.807) is 13.1 Å². The van der Waals surface area contributed by atoms with E-state index in [0.717, 1.165) is 11.1 Å². The molecule has 3 aromatic rings. The number of esters is 1. The largest absolute Gasteiger partial charge is 0.505 e. The summed E-state index contributed by atoms with van der Waals surface area (Å²) in [5.74, 6) is -1.12. The lowest BCUT2D eigenvalue weighted by Crippen LogP contribution is -2.35. The van der Waals surface area contributed by atoms with Crippen molar-refractivity contribution in [3.63, 3.8) is 0 Å². The lowest BCUT2D eigenvalue weighted by molar-refractivity contribution is 0.0520. The first kappa shape index (κ1) is 21.8. The van der Waals surface area contributed by atoms with E-state index in [-0.39, 0.29) is 18.0 Å². The van der Waals surface area contributed by atoms with Crippen molar-refractivity contribution in [2.24, 2.45) is 5.92 Å². The van der Waals surface area contributed by atoms with Crippen LogP contribution in [0.25, 0.3) is 11.0 Å². The van der Waals surface area contributed by atoms with E-state index in [0.29, 0.717) is 23.0 Å². The molecule has 7 nitrogen and oxygen atoms in total. The van der Waals surface area contributed by atoms with Crippen LogP contribution in [0.3, 0.4) is 0 Å². The first-order valence-corrected chi connectivity index (χ1v) is 10.5. The zero-order chi connectivity index (χ0) is 21.8. The highest BCUT2D eigenvalue weighted by Crippen LogP contribution is 2.32. The molecule has 0 aliphatic rings. The maximum absolute atomic E-state index is 13.1. The third kappa shape index (κ3) is 4.33. The molecule has 0 spiro atoms. The summed E-state index contributed by atoms with van der Waals surface area (Å²) in [6.45, 7) is 6.21. The van der Waals surface area contributed by atoms with Crippen LogP contribution in [-0.4, -0.2) is 33.9 Å². The SMILES string of the molecule is CCOC(=O)c1c(O)c2ncc(Cc3ccccc3)c(Br)c2n(NCC(C)C)c1=O. The van der Waals surface area contributed by atoms with E-state index in [2.05, 4.69) is 26.3 Å². The van der Waals surface area contributed by atoms with Crippen LogP contribution >= 0.6 is 15.9 Å². The standard InChI is InChI=1S/C22H24BrN3O4/c1-4-30-22(29)16-20(27)18-19(26(21(16)28)25-11-13(2)3)17(23)15(12-24-18)10-14-8-6-5-7-9-14/h5-9,12-13,25,27H,4,10-11H2,1-3H3. The summed E-state index contributed by atoms with van der Waals surface area (Å²) in [6, 6.07) is 9.86. The number of carbonyl (C=O) groups is 1. The Bertz CT molecular complexity index is 1130. The summed E-state index contributed by atoms with van der Waals surface area (Å²) in [5, 5.41) is 10.7. The van der Waals surface area contributed by atoms with Gasteiger partial charge in [-0.3, -0.25) is 9.78 Å². The van der Waals surface area contributed by atoms with Crippen molar-refractivity contribution in [1.29, 1.82) is 0 Å². The van der Waals surface area contributed by atoms with Crippen molar-refractivity contribution >= 4 is 32.9 Å². The lowest BCUT2D eigenvalue weighted by atomic mass is 10.1. The predicted molar refractivity (Wildman–Crippen MR) is 120 cm³/mol. The Morgan fingerprint density at radius 1 is 1.30 bits per heavy atom. The fraction of sp³-hybridized carbons (Fsp3) is 0.318. The van der Waals surface area contributed by atoms with Gasteiger partial charge in [0.1, 0.15) is 11.0 Å². The predicted octanol–water partition coefficient (Wildman–Crippen LogP) is 3.83. The molecule has 158 valence electrons. The van der Waals surface area contributed by atoms with Crippen molar-refractivity contribution in [2.75, 3.05) is 18.6 Å². The Morgan fingerprint density at radius 3 is 2.63 bits per heavy atom. The third-order valence-electron chi connectivity index (χ3n) is 4.54. The highest BCUT2D eigenvalue weighted by molar-refractivity contribution is 9.10. The van der Waals surface area contributed by atoms with Crippen LogP contribution in [0.5, 0.6) is 5.75 Å². The molecule has 8 heteroatoms. The Kier molecular flexibility index (Phi) is 6.77. The van der Waals surface area contributed by atoms with E-state index >= 15 is 0 Å². The smallest absolute Gasteiger partial charge is 0.347 e. The summed E-state index contributed by atoms with van der Waals surface area (Å²) in [7, 11) is 0. The second-order valence-electron chi connectivity index (χ2n) is 7.30. The molecule has 0 unspecified atom stereocenters. The summed E-state index contributed by atoms with van der Waals surface area (Å²) < 4.78 is 6.86. The van der Waals surface area contributed by atoms with Crippen LogP contribution in [0, 0.1) is 5.92 Å². The molecule has 2 heterocycles. The summed E-state index contributed by atoms with van der Waals surface area (Å²) in [6.07, 6.45) is 2.22. The van der Waals surface area contributed by atoms with Gasteiger partial charge >= 0.3 is 5.97 Å². The van der Waals surface area contributed by atoms with Crippen molar-refractivity contribution in [3.05, 3.63) is 68.0 Å². The third-order valence-corrected chi connectivity index (χ3v) is 5.42. The van der Waals surface area contributed by atoms with Gasteiger partial charge in [0.05, 0.1) is 11.1 Å². The zero-order valence-electron chi connectivity index (χ0n) is 17.1. The molecular formula is C22H24BrN3O4. The highest BCUT2D eigenvalue weighted by Gasteiger charge is 2.26. The van der Waals surface area contributed by atoms with Gasteiger partial charge in [0, 0.05) is 19.2 Å². The fourth-order valence-electron chi connectivity index (χ4n) is 3.08. The van der Waals surface area contributed by atoms with Crippen LogP contribution in [0.1, 0.15) is 42.3 Å². The summed E-state index contributed by atoms with van der Waals surface area (Å²) in [4.78, 5) is 29.9. The Morgan fingerprint density at radius 2 is 2.00 bits per heavy atom. The number of halogens is 1. The average molecular weight is 474 g/mol. The molecule has 0 saturated carbocycles. The van der Waals surface area contributed by atoms with Gasteiger partial charge in [-0.15, -0.1) is 0 Å². The van der Waals surface area contributed by atoms with Crippen LogP contribution in [0.4, 0.5) is 0 Å². The number of benzene rings is 1. The lowest BCUT2D eigenvalue weighted by Gasteiger charge is -2.19. The molecule has 3 rings (SSSR count). The minimum absolute atomic E-state index is 0.0856. The first-order chi connectivity index (χ1) is 14.3. The average Bonchev–Trinajstić information content (AvgIpc) is 2.71. The van der Waals surface area contributed by atoms with Crippen molar-refractivity contribution in [3.8, 4) is 5.75 Å². The van der Waals surface area contributed by atoms with Gasteiger partial charge in [0.25, 0.3) is 5.56 Å². The van der Waals surface area contributed by atoms with Gasteiger partial charge in [-0.2, -0.15) is 0 Å². The minimum Gasteiger partial charge on any atom is -0.505 e. The molecule has 30 heavy (non-hydrogen) atoms. The zero-order valence-corrected chi connectivity index (χ0v) is 18.7. The van der Waals surface area contributed by atoms with Gasteiger partial charge in [0.2, 0.25) is 0 Å². The van der Waals surface area contributed by atoms with Crippen LogP contribution in [0.15, 0.2) is 45.8 Å². The number of pyridine rings is 2. The number of nitrogens with zero attached hydrogens (tertiary/aromatic N) is 2. The second kappa shape index (κ2) is 9.30. The van der Waals surface area contributed by atoms with Gasteiger partial charge in [-0.05, 0) is 39.9 Å². The number of carbonyl (C=O) groups excluding carboxylic acids is 1. The van der Waals surface area contributed by atoms with Crippen molar-refractivity contribution in [2.45, 2.75) is 27.2 Å².